The lowest BCUT2D eigenvalue weighted by molar-refractivity contribution is 0.102. The molecule has 132 valence electrons. The first-order valence-corrected chi connectivity index (χ1v) is 8.21. The van der Waals surface area contributed by atoms with Crippen molar-refractivity contribution in [2.45, 2.75) is 13.5 Å². The molecule has 6 nitrogen and oxygen atoms in total. The number of anilines is 2. The molecule has 6 heteroatoms. The molecule has 0 aliphatic carbocycles. The van der Waals surface area contributed by atoms with Gasteiger partial charge in [-0.05, 0) is 42.3 Å². The van der Waals surface area contributed by atoms with Gasteiger partial charge >= 0.3 is 0 Å². The van der Waals surface area contributed by atoms with Gasteiger partial charge in [-0.25, -0.2) is 9.97 Å². The fraction of sp³-hybridized carbons (Fsp3) is 0.150. The number of carbonyl (C=O) groups is 1. The van der Waals surface area contributed by atoms with Gasteiger partial charge < -0.3 is 15.4 Å². The topological polar surface area (TPSA) is 76.1 Å². The average Bonchev–Trinajstić information content (AvgIpc) is 2.68. The minimum Gasteiger partial charge on any atom is -0.497 e. The van der Waals surface area contributed by atoms with Gasteiger partial charge in [0.1, 0.15) is 17.3 Å². The van der Waals surface area contributed by atoms with Crippen molar-refractivity contribution in [3.63, 3.8) is 0 Å². The standard InChI is InChI=1S/C20H20N4O2/c1-14-5-3-4-6-15(14)11-22-19-13-21-18(12-23-19)20(25)24-16-7-9-17(26-2)10-8-16/h3-10,12-13H,11H2,1-2H3,(H,22,23)(H,24,25). The molecule has 0 fully saturated rings. The van der Waals surface area contributed by atoms with E-state index in [2.05, 4.69) is 39.7 Å². The molecular formula is C20H20N4O2. The van der Waals surface area contributed by atoms with E-state index in [0.717, 1.165) is 5.75 Å². The molecule has 0 aliphatic heterocycles. The Balaban J connectivity index is 1.59. The zero-order valence-electron chi connectivity index (χ0n) is 14.7. The summed E-state index contributed by atoms with van der Waals surface area (Å²) in [6.07, 6.45) is 3.01. The highest BCUT2D eigenvalue weighted by Crippen LogP contribution is 2.16. The van der Waals surface area contributed by atoms with Crippen molar-refractivity contribution < 1.29 is 9.53 Å². The largest absolute Gasteiger partial charge is 0.497 e. The molecule has 0 spiro atoms. The predicted molar refractivity (Wildman–Crippen MR) is 101 cm³/mol. The number of hydrogen-bond donors (Lipinski definition) is 2. The SMILES string of the molecule is COc1ccc(NC(=O)c2cnc(NCc3ccccc3C)cn2)cc1. The minimum atomic E-state index is -0.312. The molecule has 0 saturated carbocycles. The lowest BCUT2D eigenvalue weighted by atomic mass is 10.1. The van der Waals surface area contributed by atoms with Crippen LogP contribution in [0.5, 0.6) is 5.75 Å². The highest BCUT2D eigenvalue weighted by Gasteiger charge is 2.09. The number of hydrogen-bond acceptors (Lipinski definition) is 5. The Bertz CT molecular complexity index is 877. The summed E-state index contributed by atoms with van der Waals surface area (Å²) >= 11 is 0. The normalized spacial score (nSPS) is 10.2. The molecule has 3 aromatic rings. The number of aromatic nitrogens is 2. The van der Waals surface area contributed by atoms with Crippen LogP contribution in [0.25, 0.3) is 0 Å². The summed E-state index contributed by atoms with van der Waals surface area (Å²) in [4.78, 5) is 20.7. The second-order valence-electron chi connectivity index (χ2n) is 5.75. The maximum absolute atomic E-state index is 12.2. The third-order valence-corrected chi connectivity index (χ3v) is 3.95. The Labute approximate surface area is 152 Å². The first kappa shape index (κ1) is 17.4. The molecule has 1 amide bonds. The van der Waals surface area contributed by atoms with Crippen LogP contribution in [-0.4, -0.2) is 23.0 Å². The van der Waals surface area contributed by atoms with Crippen LogP contribution in [0.15, 0.2) is 60.9 Å². The second kappa shape index (κ2) is 8.11. The zero-order chi connectivity index (χ0) is 18.4. The Morgan fingerprint density at radius 1 is 1.04 bits per heavy atom. The first-order chi connectivity index (χ1) is 12.7. The monoisotopic (exact) mass is 348 g/mol. The van der Waals surface area contributed by atoms with Gasteiger partial charge in [-0.15, -0.1) is 0 Å². The maximum Gasteiger partial charge on any atom is 0.275 e. The van der Waals surface area contributed by atoms with Crippen LogP contribution in [0.4, 0.5) is 11.5 Å². The number of nitrogens with one attached hydrogen (secondary N) is 2. The van der Waals surface area contributed by atoms with Gasteiger partial charge in [0, 0.05) is 12.2 Å². The molecule has 26 heavy (non-hydrogen) atoms. The molecule has 0 aliphatic rings. The van der Waals surface area contributed by atoms with Gasteiger partial charge in [0.05, 0.1) is 19.5 Å². The fourth-order valence-corrected chi connectivity index (χ4v) is 2.40. The van der Waals surface area contributed by atoms with Crippen LogP contribution < -0.4 is 15.4 Å². The van der Waals surface area contributed by atoms with Crippen molar-refractivity contribution in [1.82, 2.24) is 9.97 Å². The quantitative estimate of drug-likeness (QED) is 0.711. The Morgan fingerprint density at radius 2 is 1.81 bits per heavy atom. The lowest BCUT2D eigenvalue weighted by Crippen LogP contribution is -2.14. The molecule has 0 saturated heterocycles. The highest BCUT2D eigenvalue weighted by molar-refractivity contribution is 6.02. The van der Waals surface area contributed by atoms with E-state index in [0.29, 0.717) is 18.1 Å². The van der Waals surface area contributed by atoms with E-state index in [1.165, 1.54) is 17.3 Å². The minimum absolute atomic E-state index is 0.252. The molecule has 2 aromatic carbocycles. The van der Waals surface area contributed by atoms with E-state index in [9.17, 15) is 4.79 Å². The van der Waals surface area contributed by atoms with Crippen LogP contribution in [0.3, 0.4) is 0 Å². The zero-order valence-corrected chi connectivity index (χ0v) is 14.7. The molecule has 3 rings (SSSR count). The number of rotatable bonds is 6. The highest BCUT2D eigenvalue weighted by atomic mass is 16.5. The third kappa shape index (κ3) is 4.36. The Morgan fingerprint density at radius 3 is 2.46 bits per heavy atom. The molecular weight excluding hydrogens is 328 g/mol. The number of ether oxygens (including phenoxy) is 1. The summed E-state index contributed by atoms with van der Waals surface area (Å²) in [7, 11) is 1.60. The maximum atomic E-state index is 12.2. The van der Waals surface area contributed by atoms with Crippen molar-refractivity contribution in [3.8, 4) is 5.75 Å². The summed E-state index contributed by atoms with van der Waals surface area (Å²) in [6.45, 7) is 2.72. The van der Waals surface area contributed by atoms with E-state index < -0.39 is 0 Å². The molecule has 0 unspecified atom stereocenters. The van der Waals surface area contributed by atoms with Crippen LogP contribution in [0, 0.1) is 6.92 Å². The van der Waals surface area contributed by atoms with Gasteiger partial charge in [-0.2, -0.15) is 0 Å². The summed E-state index contributed by atoms with van der Waals surface area (Å²) in [5.74, 6) is 1.04. The summed E-state index contributed by atoms with van der Waals surface area (Å²) in [5.41, 5.74) is 3.32. The summed E-state index contributed by atoms with van der Waals surface area (Å²) < 4.78 is 5.09. The summed E-state index contributed by atoms with van der Waals surface area (Å²) in [6, 6.07) is 15.2. The van der Waals surface area contributed by atoms with E-state index in [1.807, 2.05) is 12.1 Å². The molecule has 0 radical (unpaired) electrons. The Kier molecular flexibility index (Phi) is 5.43. The molecule has 1 aromatic heterocycles. The van der Waals surface area contributed by atoms with Crippen molar-refractivity contribution in [2.24, 2.45) is 0 Å². The smallest absolute Gasteiger partial charge is 0.275 e. The van der Waals surface area contributed by atoms with Gasteiger partial charge in [0.2, 0.25) is 0 Å². The van der Waals surface area contributed by atoms with E-state index >= 15 is 0 Å². The van der Waals surface area contributed by atoms with Gasteiger partial charge in [-0.3, -0.25) is 4.79 Å². The van der Waals surface area contributed by atoms with Crippen molar-refractivity contribution >= 4 is 17.4 Å². The van der Waals surface area contributed by atoms with E-state index in [1.54, 1.807) is 37.6 Å². The van der Waals surface area contributed by atoms with Crippen molar-refractivity contribution in [2.75, 3.05) is 17.7 Å². The van der Waals surface area contributed by atoms with E-state index in [4.69, 9.17) is 4.74 Å². The number of benzene rings is 2. The van der Waals surface area contributed by atoms with Crippen LogP contribution in [0.2, 0.25) is 0 Å². The third-order valence-electron chi connectivity index (χ3n) is 3.95. The number of amides is 1. The van der Waals surface area contributed by atoms with Gasteiger partial charge in [0.15, 0.2) is 0 Å². The number of methoxy groups -OCH3 is 1. The first-order valence-electron chi connectivity index (χ1n) is 8.21. The number of aryl methyl sites for hydroxylation is 1. The van der Waals surface area contributed by atoms with Crippen LogP contribution >= 0.6 is 0 Å². The second-order valence-corrected chi connectivity index (χ2v) is 5.75. The lowest BCUT2D eigenvalue weighted by Gasteiger charge is -2.09. The van der Waals surface area contributed by atoms with Crippen molar-refractivity contribution in [1.29, 1.82) is 0 Å². The molecule has 1 heterocycles. The fourth-order valence-electron chi connectivity index (χ4n) is 2.40. The Hall–Kier alpha value is -3.41. The molecule has 2 N–H and O–H groups in total. The average molecular weight is 348 g/mol. The number of nitrogens with zero attached hydrogens (tertiary/aromatic N) is 2. The van der Waals surface area contributed by atoms with Gasteiger partial charge in [-0.1, -0.05) is 24.3 Å². The molecule has 0 atom stereocenters. The van der Waals surface area contributed by atoms with Crippen LogP contribution in [-0.2, 0) is 6.54 Å². The van der Waals surface area contributed by atoms with Gasteiger partial charge in [0.25, 0.3) is 5.91 Å². The van der Waals surface area contributed by atoms with E-state index in [-0.39, 0.29) is 11.6 Å². The number of carbonyl (C=O) groups excluding carboxylic acids is 1. The summed E-state index contributed by atoms with van der Waals surface area (Å²) in [5, 5.41) is 5.99. The predicted octanol–water partition coefficient (Wildman–Crippen LogP) is 3.66. The molecule has 0 bridgehead atoms. The van der Waals surface area contributed by atoms with Crippen LogP contribution in [0.1, 0.15) is 21.6 Å². The van der Waals surface area contributed by atoms with Crippen molar-refractivity contribution in [3.05, 3.63) is 77.7 Å².